The summed E-state index contributed by atoms with van der Waals surface area (Å²) < 4.78 is 11.6. The fourth-order valence-electron chi connectivity index (χ4n) is 12.6. The van der Waals surface area contributed by atoms with Crippen molar-refractivity contribution in [3.63, 3.8) is 0 Å². The molecule has 0 heterocycles. The number of benzene rings is 2. The van der Waals surface area contributed by atoms with Gasteiger partial charge in [0.15, 0.2) is 6.10 Å². The minimum atomic E-state index is -1.84. The Morgan fingerprint density at radius 3 is 1.64 bits per heavy atom. The molecule has 6 aliphatic carbocycles. The number of phenols is 2. The number of hydrogen-bond acceptors (Lipinski definition) is 9. The van der Waals surface area contributed by atoms with Gasteiger partial charge in [-0.3, -0.25) is 4.79 Å². The molecular weight excluding hydrogens is 672 g/mol. The first kappa shape index (κ1) is 36.0. The van der Waals surface area contributed by atoms with E-state index >= 15 is 0 Å². The van der Waals surface area contributed by atoms with Crippen molar-refractivity contribution in [2.75, 3.05) is 0 Å². The summed E-state index contributed by atoms with van der Waals surface area (Å²) in [4.78, 5) is 26.8. The van der Waals surface area contributed by atoms with E-state index in [-0.39, 0.29) is 58.5 Å². The normalized spacial score (nSPS) is 38.3. The molecule has 0 radical (unpaired) electrons. The van der Waals surface area contributed by atoms with Crippen molar-refractivity contribution in [3.05, 3.63) is 46.5 Å². The minimum Gasteiger partial charge on any atom is -0.508 e. The number of phenolic OH excluding ortho intramolecular Hbond substituents is 2. The number of aromatic hydroxyl groups is 2. The molecule has 2 aromatic carbocycles. The lowest BCUT2D eigenvalue weighted by Crippen LogP contribution is -2.50. The molecular formula is C44H50O9. The second kappa shape index (κ2) is 12.5. The third kappa shape index (κ3) is 5.33. The molecule has 53 heavy (non-hydrogen) atoms. The van der Waals surface area contributed by atoms with Crippen LogP contribution in [0.4, 0.5) is 0 Å². The Balaban J connectivity index is 0.983. The van der Waals surface area contributed by atoms with E-state index in [1.54, 1.807) is 12.1 Å². The minimum absolute atomic E-state index is 0.0190. The van der Waals surface area contributed by atoms with Gasteiger partial charge >= 0.3 is 11.9 Å². The Kier molecular flexibility index (Phi) is 8.50. The van der Waals surface area contributed by atoms with Gasteiger partial charge in [-0.05, 0) is 136 Å². The van der Waals surface area contributed by atoms with Crippen molar-refractivity contribution >= 4 is 11.9 Å². The lowest BCUT2D eigenvalue weighted by molar-refractivity contribution is -0.150. The molecule has 9 nitrogen and oxygen atoms in total. The molecule has 0 aromatic heterocycles. The zero-order valence-electron chi connectivity index (χ0n) is 30.6. The average molecular weight is 723 g/mol. The maximum atomic E-state index is 13.4. The summed E-state index contributed by atoms with van der Waals surface area (Å²) in [5, 5.41) is 54.9. The third-order valence-corrected chi connectivity index (χ3v) is 15.4. The Morgan fingerprint density at radius 1 is 0.736 bits per heavy atom. The van der Waals surface area contributed by atoms with Gasteiger partial charge in [0, 0.05) is 34.1 Å². The highest BCUT2D eigenvalue weighted by Crippen LogP contribution is 2.66. The molecule has 0 spiro atoms. The number of carbonyl (C=O) groups excluding carboxylic acids is 2. The molecule has 0 bridgehead atoms. The van der Waals surface area contributed by atoms with Crippen LogP contribution in [-0.4, -0.2) is 54.8 Å². The topological polar surface area (TPSA) is 154 Å². The number of esters is 2. The summed E-state index contributed by atoms with van der Waals surface area (Å²) >= 11 is 0. The molecule has 0 aliphatic heterocycles. The molecule has 0 saturated heterocycles. The number of fused-ring (bicyclic) bond motifs is 10. The quantitative estimate of drug-likeness (QED) is 0.146. The van der Waals surface area contributed by atoms with Gasteiger partial charge in [0.2, 0.25) is 0 Å². The predicted octanol–water partition coefficient (Wildman–Crippen LogP) is 5.80. The average Bonchev–Trinajstić information content (AvgIpc) is 3.56. The maximum absolute atomic E-state index is 13.4. The van der Waals surface area contributed by atoms with Crippen LogP contribution in [0.5, 0.6) is 23.0 Å². The Labute approximate surface area is 311 Å². The first-order chi connectivity index (χ1) is 25.1. The Hall–Kier alpha value is -4.02. The number of hydrogen-bond donors (Lipinski definition) is 5. The van der Waals surface area contributed by atoms with Crippen LogP contribution < -0.4 is 9.47 Å². The van der Waals surface area contributed by atoms with Crippen molar-refractivity contribution in [1.82, 2.24) is 0 Å². The second-order valence-electron chi connectivity index (χ2n) is 17.5. The van der Waals surface area contributed by atoms with E-state index in [0.717, 1.165) is 60.8 Å². The van der Waals surface area contributed by atoms with Crippen molar-refractivity contribution < 1.29 is 44.6 Å². The van der Waals surface area contributed by atoms with E-state index in [0.29, 0.717) is 38.5 Å². The van der Waals surface area contributed by atoms with E-state index < -0.39 is 46.5 Å². The lowest BCUT2D eigenvalue weighted by Gasteiger charge is -2.52. The zero-order chi connectivity index (χ0) is 37.7. The molecule has 0 amide bonds. The number of rotatable bonds is 5. The molecule has 3 unspecified atom stereocenters. The standard InChI is InChI=1S/C44H50O9/c1-5-43(50)17-13-32-28-9-7-24-19-26(45)21-35(38(24)30(28)11-15-41(32,43)3)52-37(48)23-34(47)40(49)53-36-22-27(46)20-25-8-10-29-31(39(25)36)12-16-42(4)33(29)14-18-44(42,51)6-2/h1-2,19-22,28-34,45-47,50-51H,7-18,23H2,3-4H3/t28-,29-,30+,31+,32+,33+,34?,41?,42?,43+,44+/m1/s1. The summed E-state index contributed by atoms with van der Waals surface area (Å²) in [7, 11) is 0. The lowest BCUT2D eigenvalue weighted by atomic mass is 9.53. The third-order valence-electron chi connectivity index (χ3n) is 15.4. The smallest absolute Gasteiger partial charge is 0.340 e. The first-order valence-electron chi connectivity index (χ1n) is 19.4. The monoisotopic (exact) mass is 722 g/mol. The van der Waals surface area contributed by atoms with Gasteiger partial charge < -0.3 is 35.0 Å². The molecule has 5 N–H and O–H groups in total. The van der Waals surface area contributed by atoms with Gasteiger partial charge in [-0.25, -0.2) is 4.79 Å². The number of ether oxygens (including phenoxy) is 2. The van der Waals surface area contributed by atoms with E-state index in [4.69, 9.17) is 22.3 Å². The molecule has 4 fully saturated rings. The van der Waals surface area contributed by atoms with Crippen LogP contribution in [0.25, 0.3) is 0 Å². The largest absolute Gasteiger partial charge is 0.508 e. The summed E-state index contributed by atoms with van der Waals surface area (Å²) in [6.45, 7) is 4.19. The Morgan fingerprint density at radius 2 is 1.19 bits per heavy atom. The fraction of sp³-hybridized carbons (Fsp3) is 0.591. The van der Waals surface area contributed by atoms with E-state index in [2.05, 4.69) is 25.7 Å². The van der Waals surface area contributed by atoms with Crippen LogP contribution in [0.2, 0.25) is 0 Å². The van der Waals surface area contributed by atoms with Crippen LogP contribution in [0, 0.1) is 59.2 Å². The van der Waals surface area contributed by atoms with Gasteiger partial charge in [-0.1, -0.05) is 25.7 Å². The maximum Gasteiger partial charge on any atom is 0.340 e. The van der Waals surface area contributed by atoms with E-state index in [1.165, 1.54) is 12.1 Å². The van der Waals surface area contributed by atoms with Crippen LogP contribution in [-0.2, 0) is 22.4 Å². The zero-order valence-corrected chi connectivity index (χ0v) is 30.6. The van der Waals surface area contributed by atoms with Gasteiger partial charge in [0.05, 0.1) is 6.42 Å². The van der Waals surface area contributed by atoms with Crippen LogP contribution in [0.15, 0.2) is 24.3 Å². The number of carbonyl (C=O) groups is 2. The van der Waals surface area contributed by atoms with Gasteiger partial charge in [0.1, 0.15) is 34.2 Å². The second-order valence-corrected chi connectivity index (χ2v) is 17.5. The number of aliphatic hydroxyl groups excluding tert-OH is 1. The summed E-state index contributed by atoms with van der Waals surface area (Å²) in [5.41, 5.74) is 0.336. The van der Waals surface area contributed by atoms with Crippen LogP contribution >= 0.6 is 0 Å². The van der Waals surface area contributed by atoms with Crippen molar-refractivity contribution in [2.45, 2.75) is 126 Å². The predicted molar refractivity (Wildman–Crippen MR) is 195 cm³/mol. The van der Waals surface area contributed by atoms with Crippen molar-refractivity contribution in [1.29, 1.82) is 0 Å². The van der Waals surface area contributed by atoms with Gasteiger partial charge in [0.25, 0.3) is 0 Å². The van der Waals surface area contributed by atoms with Crippen molar-refractivity contribution in [3.8, 4) is 47.7 Å². The fourth-order valence-corrected chi connectivity index (χ4v) is 12.6. The van der Waals surface area contributed by atoms with E-state index in [9.17, 15) is 35.1 Å². The summed E-state index contributed by atoms with van der Waals surface area (Å²) in [6, 6.07) is 6.23. The molecule has 8 rings (SSSR count). The molecule has 9 heteroatoms. The van der Waals surface area contributed by atoms with Crippen LogP contribution in [0.3, 0.4) is 0 Å². The molecule has 280 valence electrons. The van der Waals surface area contributed by atoms with Gasteiger partial charge in [-0.2, -0.15) is 0 Å². The van der Waals surface area contributed by atoms with Gasteiger partial charge in [-0.15, -0.1) is 12.8 Å². The Bertz CT molecular complexity index is 1960. The highest BCUT2D eigenvalue weighted by molar-refractivity contribution is 5.84. The first-order valence-corrected chi connectivity index (χ1v) is 19.4. The summed E-state index contributed by atoms with van der Waals surface area (Å²) in [6.07, 6.45) is 17.8. The molecule has 2 aromatic rings. The number of aliphatic hydroxyl groups is 3. The number of terminal acetylenes is 2. The molecule has 6 aliphatic rings. The molecule has 11 atom stereocenters. The number of aryl methyl sites for hydroxylation is 2. The van der Waals surface area contributed by atoms with Crippen LogP contribution in [0.1, 0.15) is 119 Å². The highest BCUT2D eigenvalue weighted by Gasteiger charge is 2.62. The highest BCUT2D eigenvalue weighted by atomic mass is 16.6. The summed E-state index contributed by atoms with van der Waals surface area (Å²) in [5.74, 6) is 4.65. The van der Waals surface area contributed by atoms with E-state index in [1.807, 2.05) is 0 Å². The molecule has 4 saturated carbocycles. The van der Waals surface area contributed by atoms with Crippen molar-refractivity contribution in [2.24, 2.45) is 34.5 Å². The SMILES string of the molecule is C#C[C@]1(O)CC[C@H]2[C@@H]3CCc4cc(O)cc(OC(=O)CC(O)C(=O)Oc5cc(O)cc6c5[C@H]5CCC7(C)[C@@H](CC[C@@]7(O)C#C)[C@@H]5CC6)c4[C@H]3CCC21C.